The highest BCUT2D eigenvalue weighted by Gasteiger charge is 2.20. The molecule has 1 fully saturated rings. The Morgan fingerprint density at radius 1 is 1.56 bits per heavy atom. The lowest BCUT2D eigenvalue weighted by Crippen LogP contribution is -2.49. The van der Waals surface area contributed by atoms with E-state index in [4.69, 9.17) is 0 Å². The minimum absolute atomic E-state index is 0.0251. The first-order valence-corrected chi connectivity index (χ1v) is 6.55. The van der Waals surface area contributed by atoms with E-state index in [2.05, 4.69) is 15.4 Å². The molecule has 1 atom stereocenters. The van der Waals surface area contributed by atoms with Crippen molar-refractivity contribution in [3.05, 3.63) is 0 Å². The maximum atomic E-state index is 11.6. The van der Waals surface area contributed by atoms with Crippen molar-refractivity contribution < 1.29 is 14.3 Å². The monoisotopic (exact) mass is 246 g/mol. The zero-order chi connectivity index (χ0) is 11.8. The summed E-state index contributed by atoms with van der Waals surface area (Å²) in [5, 5.41) is 5.96. The fourth-order valence-electron chi connectivity index (χ4n) is 1.40. The van der Waals surface area contributed by atoms with Crippen LogP contribution in [0.5, 0.6) is 0 Å². The number of methoxy groups -OCH3 is 1. The van der Waals surface area contributed by atoms with Gasteiger partial charge in [0.05, 0.1) is 13.2 Å². The van der Waals surface area contributed by atoms with Crippen molar-refractivity contribution in [1.29, 1.82) is 0 Å². The summed E-state index contributed by atoms with van der Waals surface area (Å²) in [5.41, 5.74) is 0. The first-order chi connectivity index (χ1) is 7.74. The lowest BCUT2D eigenvalue weighted by molar-refractivity contribution is -0.140. The molecule has 1 unspecified atom stereocenters. The number of ether oxygens (including phenoxy) is 1. The van der Waals surface area contributed by atoms with E-state index in [9.17, 15) is 9.59 Å². The molecular formula is C10H18N2O3S. The first kappa shape index (κ1) is 13.3. The second kappa shape index (κ2) is 7.51. The van der Waals surface area contributed by atoms with Crippen molar-refractivity contribution in [3.8, 4) is 0 Å². The lowest BCUT2D eigenvalue weighted by atomic mass is 10.2. The predicted molar refractivity (Wildman–Crippen MR) is 63.4 cm³/mol. The van der Waals surface area contributed by atoms with E-state index in [0.29, 0.717) is 19.4 Å². The molecule has 5 nitrogen and oxygen atoms in total. The Kier molecular flexibility index (Phi) is 6.25. The Hall–Kier alpha value is -0.750. The maximum absolute atomic E-state index is 11.6. The van der Waals surface area contributed by atoms with E-state index < -0.39 is 0 Å². The smallest absolute Gasteiger partial charge is 0.305 e. The molecule has 0 aromatic rings. The minimum Gasteiger partial charge on any atom is -0.469 e. The SMILES string of the molecule is COC(=O)CCCNC(=O)C1CSCCN1. The number of carbonyl (C=O) groups excluding carboxylic acids is 2. The molecule has 0 aromatic heterocycles. The molecule has 1 amide bonds. The molecule has 1 heterocycles. The van der Waals surface area contributed by atoms with Crippen LogP contribution in [0.25, 0.3) is 0 Å². The van der Waals surface area contributed by atoms with Gasteiger partial charge >= 0.3 is 5.97 Å². The Morgan fingerprint density at radius 2 is 2.38 bits per heavy atom. The van der Waals surface area contributed by atoms with Crippen LogP contribution in [0.1, 0.15) is 12.8 Å². The van der Waals surface area contributed by atoms with E-state index in [-0.39, 0.29) is 17.9 Å². The quantitative estimate of drug-likeness (QED) is 0.518. The topological polar surface area (TPSA) is 67.4 Å². The van der Waals surface area contributed by atoms with Crippen molar-refractivity contribution >= 4 is 23.6 Å². The summed E-state index contributed by atoms with van der Waals surface area (Å²) < 4.78 is 4.51. The van der Waals surface area contributed by atoms with Gasteiger partial charge in [-0.15, -0.1) is 0 Å². The van der Waals surface area contributed by atoms with Crippen LogP contribution in [0.4, 0.5) is 0 Å². The summed E-state index contributed by atoms with van der Waals surface area (Å²) in [6.45, 7) is 1.40. The van der Waals surface area contributed by atoms with Gasteiger partial charge in [0.15, 0.2) is 0 Å². The van der Waals surface area contributed by atoms with Crippen molar-refractivity contribution in [2.75, 3.05) is 31.7 Å². The van der Waals surface area contributed by atoms with Gasteiger partial charge in [-0.3, -0.25) is 9.59 Å². The second-order valence-corrected chi connectivity index (χ2v) is 4.70. The van der Waals surface area contributed by atoms with Gasteiger partial charge in [-0.1, -0.05) is 0 Å². The Balaban J connectivity index is 2.07. The summed E-state index contributed by atoms with van der Waals surface area (Å²) >= 11 is 1.78. The highest BCUT2D eigenvalue weighted by molar-refractivity contribution is 7.99. The van der Waals surface area contributed by atoms with Gasteiger partial charge in [0.25, 0.3) is 0 Å². The van der Waals surface area contributed by atoms with E-state index in [1.807, 2.05) is 0 Å². The number of thioether (sulfide) groups is 1. The van der Waals surface area contributed by atoms with Crippen LogP contribution in [-0.4, -0.2) is 49.6 Å². The minimum atomic E-state index is -0.236. The van der Waals surface area contributed by atoms with Gasteiger partial charge in [0.1, 0.15) is 0 Å². The number of hydrogen-bond donors (Lipinski definition) is 2. The molecular weight excluding hydrogens is 228 g/mol. The zero-order valence-electron chi connectivity index (χ0n) is 9.45. The maximum Gasteiger partial charge on any atom is 0.305 e. The fourth-order valence-corrected chi connectivity index (χ4v) is 2.34. The molecule has 92 valence electrons. The van der Waals surface area contributed by atoms with Crippen LogP contribution in [0.2, 0.25) is 0 Å². The van der Waals surface area contributed by atoms with Crippen LogP contribution in [0.15, 0.2) is 0 Å². The van der Waals surface area contributed by atoms with Crippen molar-refractivity contribution in [2.45, 2.75) is 18.9 Å². The van der Waals surface area contributed by atoms with Gasteiger partial charge in [0.2, 0.25) is 5.91 Å². The van der Waals surface area contributed by atoms with E-state index in [1.54, 1.807) is 11.8 Å². The normalized spacial score (nSPS) is 20.2. The van der Waals surface area contributed by atoms with Crippen LogP contribution in [-0.2, 0) is 14.3 Å². The number of esters is 1. The number of carbonyl (C=O) groups is 2. The molecule has 0 bridgehead atoms. The molecule has 0 saturated carbocycles. The largest absolute Gasteiger partial charge is 0.469 e. The highest BCUT2D eigenvalue weighted by Crippen LogP contribution is 2.07. The molecule has 16 heavy (non-hydrogen) atoms. The third kappa shape index (κ3) is 4.85. The standard InChI is InChI=1S/C10H18N2O3S/c1-15-9(13)3-2-4-12-10(14)8-7-16-6-5-11-8/h8,11H,2-7H2,1H3,(H,12,14). The average molecular weight is 246 g/mol. The van der Waals surface area contributed by atoms with Crippen molar-refractivity contribution in [3.63, 3.8) is 0 Å². The summed E-state index contributed by atoms with van der Waals surface area (Å²) in [5.74, 6) is 1.67. The average Bonchev–Trinajstić information content (AvgIpc) is 2.35. The Bertz CT molecular complexity index is 242. The van der Waals surface area contributed by atoms with Gasteiger partial charge in [-0.2, -0.15) is 11.8 Å². The zero-order valence-corrected chi connectivity index (χ0v) is 10.3. The molecule has 6 heteroatoms. The van der Waals surface area contributed by atoms with Gasteiger partial charge in [-0.25, -0.2) is 0 Å². The lowest BCUT2D eigenvalue weighted by Gasteiger charge is -2.22. The van der Waals surface area contributed by atoms with Gasteiger partial charge in [-0.05, 0) is 6.42 Å². The molecule has 1 aliphatic rings. The third-order valence-corrected chi connectivity index (χ3v) is 3.38. The molecule has 2 N–H and O–H groups in total. The molecule has 0 aliphatic carbocycles. The van der Waals surface area contributed by atoms with Crippen LogP contribution < -0.4 is 10.6 Å². The first-order valence-electron chi connectivity index (χ1n) is 5.39. The molecule has 1 rings (SSSR count). The molecule has 1 aliphatic heterocycles. The summed E-state index contributed by atoms with van der Waals surface area (Å²) in [6, 6.07) is -0.0862. The van der Waals surface area contributed by atoms with E-state index in [1.165, 1.54) is 7.11 Å². The van der Waals surface area contributed by atoms with Crippen molar-refractivity contribution in [1.82, 2.24) is 10.6 Å². The summed E-state index contributed by atoms with van der Waals surface area (Å²) in [7, 11) is 1.37. The molecule has 0 radical (unpaired) electrons. The Labute approximate surface area is 99.7 Å². The third-order valence-electron chi connectivity index (χ3n) is 2.32. The summed E-state index contributed by atoms with van der Waals surface area (Å²) in [4.78, 5) is 22.4. The van der Waals surface area contributed by atoms with Gasteiger partial charge < -0.3 is 15.4 Å². The van der Waals surface area contributed by atoms with Crippen LogP contribution in [0, 0.1) is 0 Å². The van der Waals surface area contributed by atoms with Crippen LogP contribution >= 0.6 is 11.8 Å². The predicted octanol–water partition coefficient (Wildman–Crippen LogP) is -0.239. The number of amides is 1. The van der Waals surface area contributed by atoms with E-state index >= 15 is 0 Å². The van der Waals surface area contributed by atoms with E-state index in [0.717, 1.165) is 18.1 Å². The number of rotatable bonds is 5. The Morgan fingerprint density at radius 3 is 3.00 bits per heavy atom. The van der Waals surface area contributed by atoms with Gasteiger partial charge in [0, 0.05) is 31.0 Å². The number of nitrogens with one attached hydrogen (secondary N) is 2. The summed E-state index contributed by atoms with van der Waals surface area (Å²) in [6.07, 6.45) is 0.974. The molecule has 1 saturated heterocycles. The second-order valence-electron chi connectivity index (χ2n) is 3.55. The highest BCUT2D eigenvalue weighted by atomic mass is 32.2. The fraction of sp³-hybridized carbons (Fsp3) is 0.800. The number of hydrogen-bond acceptors (Lipinski definition) is 5. The van der Waals surface area contributed by atoms with Crippen LogP contribution in [0.3, 0.4) is 0 Å². The van der Waals surface area contributed by atoms with Crippen molar-refractivity contribution in [2.24, 2.45) is 0 Å². The molecule has 0 spiro atoms. The molecule has 0 aromatic carbocycles.